The van der Waals surface area contributed by atoms with E-state index >= 15 is 0 Å². The number of hydrogen-bond acceptors (Lipinski definition) is 6. The Kier molecular flexibility index (Phi) is 3.79. The average molecular weight is 383 g/mol. The Morgan fingerprint density at radius 1 is 1.07 bits per heavy atom. The second-order valence-electron chi connectivity index (χ2n) is 7.06. The normalized spacial score (nSPS) is 18.2. The molecule has 0 fully saturated rings. The molecule has 0 radical (unpaired) electrons. The third-order valence-electron chi connectivity index (χ3n) is 5.82. The number of benzene rings is 2. The molecule has 2 aromatic carbocycles. The molecular formula is C21H21NO6. The summed E-state index contributed by atoms with van der Waals surface area (Å²) in [5.74, 6) is 2.80. The summed E-state index contributed by atoms with van der Waals surface area (Å²) in [5.41, 5.74) is 5.37. The van der Waals surface area contributed by atoms with E-state index in [1.807, 2.05) is 12.1 Å². The van der Waals surface area contributed by atoms with Crippen LogP contribution in [0.5, 0.6) is 23.0 Å². The standard InChI is InChI=1S/C21H21NO6/c1-24-15-8-12-6-14-18-11(4-5-22(14)21(23)26-3)7-17-20(28-10-27-17)19(18)13(12)9-16(15)25-2/h7-9,14H,4-6,10H2,1-3H3/t14-/m0/s1. The first-order valence-corrected chi connectivity index (χ1v) is 9.21. The van der Waals surface area contributed by atoms with Crippen LogP contribution in [0.25, 0.3) is 11.1 Å². The maximum absolute atomic E-state index is 12.5. The lowest BCUT2D eigenvalue weighted by Crippen LogP contribution is -2.42. The van der Waals surface area contributed by atoms with Crippen molar-refractivity contribution in [3.63, 3.8) is 0 Å². The molecule has 0 saturated carbocycles. The van der Waals surface area contributed by atoms with Crippen LogP contribution in [0.2, 0.25) is 0 Å². The predicted molar refractivity (Wildman–Crippen MR) is 100 cm³/mol. The third-order valence-corrected chi connectivity index (χ3v) is 5.82. The van der Waals surface area contributed by atoms with Gasteiger partial charge in [-0.2, -0.15) is 0 Å². The van der Waals surface area contributed by atoms with Crippen molar-refractivity contribution in [3.8, 4) is 34.1 Å². The van der Waals surface area contributed by atoms with Crippen molar-refractivity contribution < 1.29 is 28.5 Å². The Morgan fingerprint density at radius 3 is 2.61 bits per heavy atom. The summed E-state index contributed by atoms with van der Waals surface area (Å²) in [6.45, 7) is 0.797. The number of rotatable bonds is 2. The maximum atomic E-state index is 12.5. The topological polar surface area (TPSA) is 66.5 Å². The lowest BCUT2D eigenvalue weighted by atomic mass is 9.76. The van der Waals surface area contributed by atoms with Gasteiger partial charge in [0.25, 0.3) is 0 Å². The Bertz CT molecular complexity index is 986. The number of hydrogen-bond donors (Lipinski definition) is 0. The van der Waals surface area contributed by atoms with Gasteiger partial charge >= 0.3 is 6.09 Å². The van der Waals surface area contributed by atoms with Gasteiger partial charge in [-0.1, -0.05) is 0 Å². The van der Waals surface area contributed by atoms with E-state index in [4.69, 9.17) is 23.7 Å². The van der Waals surface area contributed by atoms with Crippen molar-refractivity contribution in [1.82, 2.24) is 4.90 Å². The molecule has 2 aromatic rings. The summed E-state index contributed by atoms with van der Waals surface area (Å²) in [5, 5.41) is 0. The van der Waals surface area contributed by atoms with E-state index < -0.39 is 0 Å². The van der Waals surface area contributed by atoms with Crippen LogP contribution in [0, 0.1) is 0 Å². The SMILES string of the molecule is COC(=O)N1CCc2cc3c(c4c2[C@@H]1Cc1cc(OC)c(OC)cc1-4)OCO3. The summed E-state index contributed by atoms with van der Waals surface area (Å²) in [6.07, 6.45) is 1.10. The van der Waals surface area contributed by atoms with Crippen LogP contribution in [0.15, 0.2) is 18.2 Å². The third kappa shape index (κ3) is 2.25. The highest BCUT2D eigenvalue weighted by atomic mass is 16.7. The molecule has 7 heteroatoms. The first-order chi connectivity index (χ1) is 13.7. The molecule has 0 spiro atoms. The van der Waals surface area contributed by atoms with Crippen molar-refractivity contribution >= 4 is 6.09 Å². The molecule has 3 aliphatic rings. The van der Waals surface area contributed by atoms with Crippen LogP contribution in [0.3, 0.4) is 0 Å². The minimum atomic E-state index is -0.316. The maximum Gasteiger partial charge on any atom is 0.410 e. The van der Waals surface area contributed by atoms with Crippen molar-refractivity contribution in [2.75, 3.05) is 34.7 Å². The fourth-order valence-electron chi connectivity index (χ4n) is 4.60. The van der Waals surface area contributed by atoms with Crippen LogP contribution in [0.1, 0.15) is 22.7 Å². The molecule has 0 unspecified atom stereocenters. The van der Waals surface area contributed by atoms with Crippen LogP contribution in [0.4, 0.5) is 4.79 Å². The lowest BCUT2D eigenvalue weighted by Gasteiger charge is -2.41. The Hall–Kier alpha value is -3.09. The van der Waals surface area contributed by atoms with E-state index in [0.717, 1.165) is 40.2 Å². The van der Waals surface area contributed by atoms with Crippen LogP contribution in [-0.2, 0) is 17.6 Å². The van der Waals surface area contributed by atoms with Crippen molar-refractivity contribution in [3.05, 3.63) is 34.9 Å². The van der Waals surface area contributed by atoms with Crippen LogP contribution >= 0.6 is 0 Å². The second-order valence-corrected chi connectivity index (χ2v) is 7.06. The number of amides is 1. The Balaban J connectivity index is 1.79. The van der Waals surface area contributed by atoms with Crippen LogP contribution in [-0.4, -0.2) is 45.7 Å². The van der Waals surface area contributed by atoms with Crippen molar-refractivity contribution in [1.29, 1.82) is 0 Å². The summed E-state index contributed by atoms with van der Waals surface area (Å²) >= 11 is 0. The van der Waals surface area contributed by atoms with Crippen molar-refractivity contribution in [2.45, 2.75) is 18.9 Å². The molecule has 28 heavy (non-hydrogen) atoms. The summed E-state index contributed by atoms with van der Waals surface area (Å²) in [4.78, 5) is 14.3. The molecule has 1 amide bonds. The van der Waals surface area contributed by atoms with Gasteiger partial charge in [0.15, 0.2) is 23.0 Å². The highest BCUT2D eigenvalue weighted by molar-refractivity contribution is 5.86. The van der Waals surface area contributed by atoms with Gasteiger partial charge in [0.1, 0.15) is 0 Å². The lowest BCUT2D eigenvalue weighted by molar-refractivity contribution is 0.100. The Labute approximate surface area is 162 Å². The van der Waals surface area contributed by atoms with Gasteiger partial charge in [0.2, 0.25) is 6.79 Å². The van der Waals surface area contributed by atoms with E-state index in [0.29, 0.717) is 24.5 Å². The fourth-order valence-corrected chi connectivity index (χ4v) is 4.60. The van der Waals surface area contributed by atoms with Gasteiger partial charge in [-0.25, -0.2) is 4.79 Å². The van der Waals surface area contributed by atoms with Gasteiger partial charge in [0.05, 0.1) is 27.4 Å². The molecule has 0 aromatic heterocycles. The molecular weight excluding hydrogens is 362 g/mol. The number of carbonyl (C=O) groups excluding carboxylic acids is 1. The second kappa shape index (κ2) is 6.22. The number of ether oxygens (including phenoxy) is 5. The van der Waals surface area contributed by atoms with Crippen molar-refractivity contribution in [2.24, 2.45) is 0 Å². The molecule has 0 N–H and O–H groups in total. The number of fused-ring (bicyclic) bond motifs is 4. The highest BCUT2D eigenvalue weighted by Gasteiger charge is 2.41. The monoisotopic (exact) mass is 383 g/mol. The minimum Gasteiger partial charge on any atom is -0.493 e. The summed E-state index contributed by atoms with van der Waals surface area (Å²) < 4.78 is 27.6. The van der Waals surface area contributed by atoms with Gasteiger partial charge in [-0.15, -0.1) is 0 Å². The minimum absolute atomic E-state index is 0.119. The van der Waals surface area contributed by atoms with E-state index in [9.17, 15) is 4.79 Å². The number of nitrogens with zero attached hydrogens (tertiary/aromatic N) is 1. The molecule has 2 aliphatic heterocycles. The molecule has 146 valence electrons. The van der Waals surface area contributed by atoms with E-state index in [1.54, 1.807) is 19.1 Å². The summed E-state index contributed by atoms with van der Waals surface area (Å²) in [6, 6.07) is 5.90. The molecule has 7 nitrogen and oxygen atoms in total. The predicted octanol–water partition coefficient (Wildman–Crippen LogP) is 3.32. The van der Waals surface area contributed by atoms with E-state index in [1.165, 1.54) is 12.7 Å². The van der Waals surface area contributed by atoms with E-state index in [2.05, 4.69) is 6.07 Å². The van der Waals surface area contributed by atoms with Gasteiger partial charge in [-0.05, 0) is 53.3 Å². The van der Waals surface area contributed by atoms with Gasteiger partial charge < -0.3 is 28.6 Å². The highest BCUT2D eigenvalue weighted by Crippen LogP contribution is 2.55. The molecule has 1 atom stereocenters. The molecule has 0 saturated heterocycles. The number of carbonyl (C=O) groups is 1. The first-order valence-electron chi connectivity index (χ1n) is 9.21. The zero-order valence-electron chi connectivity index (χ0n) is 16.0. The zero-order chi connectivity index (χ0) is 19.4. The molecule has 2 heterocycles. The molecule has 5 rings (SSSR count). The van der Waals surface area contributed by atoms with E-state index in [-0.39, 0.29) is 18.9 Å². The Morgan fingerprint density at radius 2 is 1.86 bits per heavy atom. The van der Waals surface area contributed by atoms with Gasteiger partial charge in [0, 0.05) is 12.1 Å². The molecule has 1 aliphatic carbocycles. The van der Waals surface area contributed by atoms with Gasteiger partial charge in [-0.3, -0.25) is 0 Å². The summed E-state index contributed by atoms with van der Waals surface area (Å²) in [7, 11) is 4.66. The number of methoxy groups -OCH3 is 3. The quantitative estimate of drug-likeness (QED) is 0.793. The average Bonchev–Trinajstić information content (AvgIpc) is 3.20. The molecule has 0 bridgehead atoms. The largest absolute Gasteiger partial charge is 0.493 e. The smallest absolute Gasteiger partial charge is 0.410 e. The first kappa shape index (κ1) is 17.0. The van der Waals surface area contributed by atoms with Crippen LogP contribution < -0.4 is 18.9 Å². The zero-order valence-corrected chi connectivity index (χ0v) is 16.0. The fraction of sp³-hybridized carbons (Fsp3) is 0.381.